The molecule has 0 saturated heterocycles. The van der Waals surface area contributed by atoms with E-state index in [0.717, 1.165) is 101 Å². The van der Waals surface area contributed by atoms with Crippen molar-refractivity contribution in [3.05, 3.63) is 417 Å². The Morgan fingerprint density at radius 1 is 0.219 bits per heavy atom. The molecular formula is C103H69ClN9Na. The normalized spacial score (nSPS) is 11.4. The van der Waals surface area contributed by atoms with Crippen molar-refractivity contribution in [2.75, 3.05) is 0 Å². The number of hydrogen-bond donors (Lipinski definition) is 0. The van der Waals surface area contributed by atoms with E-state index in [4.69, 9.17) is 26.6 Å². The smallest absolute Gasteiger partial charge is 1.00 e. The van der Waals surface area contributed by atoms with Crippen LogP contribution in [0.3, 0.4) is 0 Å². The summed E-state index contributed by atoms with van der Waals surface area (Å²) in [5.41, 5.74) is 27.8. The molecule has 9 nitrogen and oxygen atoms in total. The molecule has 0 saturated carbocycles. The molecule has 11 heteroatoms. The number of hydrogen-bond acceptors (Lipinski definition) is 6. The van der Waals surface area contributed by atoms with E-state index in [9.17, 15) is 0 Å². The van der Waals surface area contributed by atoms with Crippen molar-refractivity contribution in [2.24, 2.45) is 0 Å². The minimum Gasteiger partial charge on any atom is -1.00 e. The van der Waals surface area contributed by atoms with Gasteiger partial charge in [-0.25, -0.2) is 9.97 Å². The van der Waals surface area contributed by atoms with E-state index in [-0.39, 0.29) is 36.3 Å². The maximum atomic E-state index is 6.24. The van der Waals surface area contributed by atoms with Crippen molar-refractivity contribution in [3.63, 3.8) is 0 Å². The molecule has 534 valence electrons. The molecule has 0 aliphatic heterocycles. The summed E-state index contributed by atoms with van der Waals surface area (Å²) < 4.78 is 7.07. The topological polar surface area (TPSA) is 92.1 Å². The molecule has 0 amide bonds. The second kappa shape index (κ2) is 30.8. The van der Waals surface area contributed by atoms with E-state index in [1.54, 1.807) is 0 Å². The summed E-state index contributed by atoms with van der Waals surface area (Å²) >= 11 is 6.24. The maximum absolute atomic E-state index is 6.24. The summed E-state index contributed by atoms with van der Waals surface area (Å²) in [4.78, 5) is 29.2. The second-order valence-electron chi connectivity index (χ2n) is 28.2. The molecule has 22 rings (SSSR count). The van der Waals surface area contributed by atoms with Crippen LogP contribution in [0.15, 0.2) is 400 Å². The van der Waals surface area contributed by atoms with Crippen LogP contribution in [-0.2, 0) is 6.42 Å². The van der Waals surface area contributed by atoms with Crippen LogP contribution in [0.1, 0.15) is 12.6 Å². The molecule has 1 aliphatic rings. The Kier molecular flexibility index (Phi) is 19.1. The number of nitrogens with zero attached hydrogens (tertiary/aromatic N) is 9. The standard InChI is InChI=1S/C51H33N5.C27H18ClN3.C25H17N.Na.H/c1-4-14-34(15-5-1)36-24-28-38(29-25-36)49-52-50(39-30-26-37(27-31-39)35-16-6-2-7-17-35)54-51(53-49)56-46-23-13-11-21-42(46)44-33-32-43-41-20-10-12-22-45(41)55(47(43)48(44)56)40-18-8-3-9-19-40;28-27-30-25(23-15-11-21(12-16-23)19-7-3-1-4-8-19)29-26(31-27)24-17-13-22(14-18-24)20-9-5-2-6-10-20;1-2-9-18(10-3-1)26-24-13-7-6-12-21(24)22-15-14-20-19-11-5-4-8-17(19)16-23(20)25(22)26;;/h1-33H;1-18H;1-15H,16H2;;/q;;;+1;-1. The van der Waals surface area contributed by atoms with Gasteiger partial charge in [0.2, 0.25) is 11.2 Å². The molecule has 16 aromatic carbocycles. The van der Waals surface area contributed by atoms with Crippen LogP contribution in [-0.4, -0.2) is 43.6 Å². The van der Waals surface area contributed by atoms with Gasteiger partial charge in [0.05, 0.1) is 33.1 Å². The Morgan fingerprint density at radius 2 is 0.500 bits per heavy atom. The monoisotopic (exact) mass is 1490 g/mol. The molecule has 0 atom stereocenters. The van der Waals surface area contributed by atoms with E-state index < -0.39 is 0 Å². The molecule has 0 bridgehead atoms. The van der Waals surface area contributed by atoms with Crippen molar-refractivity contribution >= 4 is 77.0 Å². The zero-order chi connectivity index (χ0) is 75.1. The first-order valence-corrected chi connectivity index (χ1v) is 38.4. The van der Waals surface area contributed by atoms with E-state index in [2.05, 4.69) is 356 Å². The molecule has 114 heavy (non-hydrogen) atoms. The van der Waals surface area contributed by atoms with Crippen LogP contribution in [0.4, 0.5) is 0 Å². The first-order chi connectivity index (χ1) is 56.0. The van der Waals surface area contributed by atoms with Gasteiger partial charge in [0.15, 0.2) is 23.3 Å². The third-order valence-corrected chi connectivity index (χ3v) is 21.7. The number of rotatable bonds is 11. The SMILES string of the molecule is Clc1nc(-c2ccc(-c3ccccc3)cc2)nc(-c2ccc(-c3ccccc3)cc2)n1.[H-].[Na+].c1ccc(-c2ccc(-c3nc(-c4ccc(-c5ccccc5)cc4)nc(-n4c5ccccc5c5ccc6c7ccccc7n(-c7ccccc7)c6c54)n3)cc2)cc1.c1ccc(-n2c3ccccc3c3ccc4c(c32)Cc2ccccc2-4)cc1. The molecule has 5 aromatic heterocycles. The predicted molar refractivity (Wildman–Crippen MR) is 467 cm³/mol. The number of benzene rings is 16. The zero-order valence-corrected chi connectivity index (χ0v) is 65.0. The van der Waals surface area contributed by atoms with Gasteiger partial charge in [-0.3, -0.25) is 4.57 Å². The molecule has 0 N–H and O–H groups in total. The van der Waals surface area contributed by atoms with Gasteiger partial charge in [0, 0.05) is 72.4 Å². The number of fused-ring (bicyclic) bond motifs is 14. The Labute approximate surface area is 687 Å². The van der Waals surface area contributed by atoms with Crippen molar-refractivity contribution in [2.45, 2.75) is 6.42 Å². The van der Waals surface area contributed by atoms with Crippen LogP contribution < -0.4 is 29.6 Å². The van der Waals surface area contributed by atoms with Gasteiger partial charge in [0.1, 0.15) is 0 Å². The summed E-state index contributed by atoms with van der Waals surface area (Å²) in [6.07, 6.45) is 1.01. The second-order valence-corrected chi connectivity index (χ2v) is 28.6. The molecule has 0 unspecified atom stereocenters. The molecular weight excluding hydrogens is 1420 g/mol. The third kappa shape index (κ3) is 13.3. The molecule has 1 aliphatic carbocycles. The van der Waals surface area contributed by atoms with Crippen molar-refractivity contribution in [3.8, 4) is 119 Å². The van der Waals surface area contributed by atoms with Crippen molar-refractivity contribution in [1.82, 2.24) is 43.6 Å². The Balaban J connectivity index is 0.000000131. The largest absolute Gasteiger partial charge is 1.00 e. The number of para-hydroxylation sites is 5. The fraction of sp³-hybridized carbons (Fsp3) is 0.00971. The van der Waals surface area contributed by atoms with Crippen LogP contribution in [0.5, 0.6) is 0 Å². The Hall–Kier alpha value is -13.8. The van der Waals surface area contributed by atoms with Crippen LogP contribution in [0, 0.1) is 0 Å². The summed E-state index contributed by atoms with van der Waals surface area (Å²) in [5.74, 6) is 2.90. The quantitative estimate of drug-likeness (QED) is 0.120. The van der Waals surface area contributed by atoms with Crippen LogP contribution >= 0.6 is 11.6 Å². The van der Waals surface area contributed by atoms with Crippen molar-refractivity contribution < 1.29 is 31.0 Å². The summed E-state index contributed by atoms with van der Waals surface area (Å²) in [7, 11) is 0. The average Bonchev–Trinajstić information content (AvgIpc) is 1.54. The van der Waals surface area contributed by atoms with E-state index in [1.807, 2.05) is 72.8 Å². The number of aromatic nitrogens is 9. The zero-order valence-electron chi connectivity index (χ0n) is 63.2. The fourth-order valence-electron chi connectivity index (χ4n) is 16.2. The third-order valence-electron chi connectivity index (χ3n) is 21.5. The Morgan fingerprint density at radius 3 is 0.895 bits per heavy atom. The minimum absolute atomic E-state index is 0. The van der Waals surface area contributed by atoms with Crippen molar-refractivity contribution in [1.29, 1.82) is 0 Å². The van der Waals surface area contributed by atoms with Gasteiger partial charge >= 0.3 is 29.6 Å². The van der Waals surface area contributed by atoms with E-state index in [0.29, 0.717) is 29.2 Å². The molecule has 5 heterocycles. The van der Waals surface area contributed by atoms with Gasteiger partial charge in [-0.15, -0.1) is 0 Å². The summed E-state index contributed by atoms with van der Waals surface area (Å²) in [6, 6.07) is 140. The minimum atomic E-state index is 0. The first-order valence-electron chi connectivity index (χ1n) is 38.0. The molecule has 0 fully saturated rings. The maximum Gasteiger partial charge on any atom is 1.00 e. The van der Waals surface area contributed by atoms with Gasteiger partial charge in [-0.1, -0.05) is 358 Å². The molecule has 0 spiro atoms. The predicted octanol–water partition coefficient (Wildman–Crippen LogP) is 23.4. The number of halogens is 1. The summed E-state index contributed by atoms with van der Waals surface area (Å²) in [6.45, 7) is 0. The summed E-state index contributed by atoms with van der Waals surface area (Å²) in [5, 5.41) is 7.48. The van der Waals surface area contributed by atoms with Gasteiger partial charge in [0.25, 0.3) is 0 Å². The Bertz CT molecular complexity index is 6890. The molecule has 0 radical (unpaired) electrons. The first kappa shape index (κ1) is 70.6. The van der Waals surface area contributed by atoms with Gasteiger partial charge in [-0.05, 0) is 121 Å². The van der Waals surface area contributed by atoms with Gasteiger partial charge in [-0.2, -0.15) is 19.9 Å². The molecule has 21 aromatic rings. The van der Waals surface area contributed by atoms with Crippen LogP contribution in [0.25, 0.3) is 184 Å². The van der Waals surface area contributed by atoms with E-state index >= 15 is 0 Å². The van der Waals surface area contributed by atoms with Gasteiger partial charge < -0.3 is 10.6 Å². The fourth-order valence-corrected chi connectivity index (χ4v) is 16.3. The van der Waals surface area contributed by atoms with Crippen LogP contribution in [0.2, 0.25) is 5.28 Å². The average molecular weight is 1490 g/mol. The van der Waals surface area contributed by atoms with E-state index in [1.165, 1.54) is 71.6 Å².